The van der Waals surface area contributed by atoms with Crippen molar-refractivity contribution < 1.29 is 14.3 Å². The lowest BCUT2D eigenvalue weighted by molar-refractivity contribution is -0.127. The summed E-state index contributed by atoms with van der Waals surface area (Å²) in [7, 11) is 0. The van der Waals surface area contributed by atoms with Gasteiger partial charge in [0, 0.05) is 12.0 Å². The van der Waals surface area contributed by atoms with Gasteiger partial charge in [-0.2, -0.15) is 0 Å². The van der Waals surface area contributed by atoms with Crippen LogP contribution in [0.2, 0.25) is 0 Å². The maximum Gasteiger partial charge on any atom is 0.405 e. The molecule has 1 aliphatic heterocycles. The molecule has 1 saturated carbocycles. The van der Waals surface area contributed by atoms with Crippen molar-refractivity contribution in [3.8, 4) is 0 Å². The minimum Gasteiger partial charge on any atom is -0.436 e. The van der Waals surface area contributed by atoms with Crippen molar-refractivity contribution in [3.63, 3.8) is 0 Å². The summed E-state index contributed by atoms with van der Waals surface area (Å²) < 4.78 is 4.76. The molecule has 0 radical (unpaired) electrons. The first-order chi connectivity index (χ1) is 6.18. The highest BCUT2D eigenvalue weighted by molar-refractivity contribution is 5.86. The molecule has 0 aromatic carbocycles. The van der Waals surface area contributed by atoms with Crippen LogP contribution in [0.4, 0.5) is 4.79 Å². The van der Waals surface area contributed by atoms with Gasteiger partial charge in [0.2, 0.25) is 0 Å². The smallest absolute Gasteiger partial charge is 0.405 e. The average Bonchev–Trinajstić information content (AvgIpc) is 2.55. The van der Waals surface area contributed by atoms with E-state index in [1.807, 2.05) is 0 Å². The van der Waals surface area contributed by atoms with Gasteiger partial charge in [-0.05, 0) is 12.8 Å². The zero-order valence-electron chi connectivity index (χ0n) is 7.16. The fourth-order valence-electron chi connectivity index (χ4n) is 2.26. The third kappa shape index (κ3) is 1.34. The molecule has 3 N–H and O–H groups in total. The van der Waals surface area contributed by atoms with E-state index in [0.717, 1.165) is 19.3 Å². The molecule has 2 rings (SSSR count). The monoisotopic (exact) mass is 184 g/mol. The number of ether oxygens (including phenoxy) is 1. The number of primary amides is 1. The van der Waals surface area contributed by atoms with Crippen LogP contribution < -0.4 is 11.1 Å². The first-order valence-corrected chi connectivity index (χ1v) is 4.45. The Hall–Kier alpha value is -1.26. The number of carbonyl (C=O) groups excluding carboxylic acids is 2. The second kappa shape index (κ2) is 2.90. The fraction of sp³-hybridized carbons (Fsp3) is 0.750. The highest BCUT2D eigenvalue weighted by Crippen LogP contribution is 2.34. The maximum atomic E-state index is 11.3. The van der Waals surface area contributed by atoms with Crippen molar-refractivity contribution in [1.82, 2.24) is 5.32 Å². The summed E-state index contributed by atoms with van der Waals surface area (Å²) in [6.07, 6.45) is 1.47. The first-order valence-electron chi connectivity index (χ1n) is 4.45. The largest absolute Gasteiger partial charge is 0.436 e. The Labute approximate surface area is 75.6 Å². The zero-order valence-corrected chi connectivity index (χ0v) is 7.16. The number of nitrogens with one attached hydrogen (secondary N) is 1. The Balaban J connectivity index is 2.08. The predicted octanol–water partition coefficient (Wildman–Crippen LogP) is -0.251. The van der Waals surface area contributed by atoms with E-state index >= 15 is 0 Å². The molecule has 0 aromatic rings. The Morgan fingerprint density at radius 3 is 3.00 bits per heavy atom. The van der Waals surface area contributed by atoms with Crippen molar-refractivity contribution >= 4 is 12.0 Å². The molecule has 0 aromatic heterocycles. The quantitative estimate of drug-likeness (QED) is 0.589. The van der Waals surface area contributed by atoms with Crippen LogP contribution in [0.15, 0.2) is 0 Å². The second-order valence-corrected chi connectivity index (χ2v) is 3.57. The van der Waals surface area contributed by atoms with Crippen LogP contribution in [-0.2, 0) is 9.53 Å². The number of fused-ring (bicyclic) bond motifs is 1. The van der Waals surface area contributed by atoms with Gasteiger partial charge in [0.1, 0.15) is 0 Å². The van der Waals surface area contributed by atoms with Crippen LogP contribution in [0.3, 0.4) is 0 Å². The molecule has 5 heteroatoms. The van der Waals surface area contributed by atoms with E-state index in [-0.39, 0.29) is 17.9 Å². The minimum atomic E-state index is -0.868. The SMILES string of the molecule is NC(=O)O[C@H]1C(=O)N[C@H]2CCC[C@H]21. The molecule has 1 saturated heterocycles. The van der Waals surface area contributed by atoms with Crippen molar-refractivity contribution in [3.05, 3.63) is 0 Å². The lowest BCUT2D eigenvalue weighted by Gasteiger charge is -2.13. The Morgan fingerprint density at radius 2 is 2.31 bits per heavy atom. The average molecular weight is 184 g/mol. The normalized spacial score (nSPS) is 36.9. The van der Waals surface area contributed by atoms with E-state index in [1.165, 1.54) is 0 Å². The van der Waals surface area contributed by atoms with Gasteiger partial charge in [0.15, 0.2) is 6.10 Å². The highest BCUT2D eigenvalue weighted by atomic mass is 16.6. The molecule has 0 unspecified atom stereocenters. The van der Waals surface area contributed by atoms with Gasteiger partial charge in [-0.1, -0.05) is 6.42 Å². The molecule has 2 aliphatic rings. The second-order valence-electron chi connectivity index (χ2n) is 3.57. The summed E-state index contributed by atoms with van der Waals surface area (Å²) in [4.78, 5) is 21.8. The Morgan fingerprint density at radius 1 is 1.54 bits per heavy atom. The van der Waals surface area contributed by atoms with Gasteiger partial charge in [0.05, 0.1) is 0 Å². The summed E-state index contributed by atoms with van der Waals surface area (Å²) in [5, 5.41) is 2.80. The predicted molar refractivity (Wildman–Crippen MR) is 43.7 cm³/mol. The number of carbonyl (C=O) groups is 2. The van der Waals surface area contributed by atoms with Gasteiger partial charge in [0.25, 0.3) is 5.91 Å². The molecule has 1 aliphatic carbocycles. The van der Waals surface area contributed by atoms with E-state index in [4.69, 9.17) is 10.5 Å². The van der Waals surface area contributed by atoms with Crippen LogP contribution in [-0.4, -0.2) is 24.1 Å². The third-order valence-electron chi connectivity index (χ3n) is 2.79. The number of nitrogens with two attached hydrogens (primary N) is 1. The molecule has 72 valence electrons. The molecular formula is C8H12N2O3. The van der Waals surface area contributed by atoms with E-state index in [0.29, 0.717) is 0 Å². The van der Waals surface area contributed by atoms with Gasteiger partial charge >= 0.3 is 6.09 Å². The van der Waals surface area contributed by atoms with Gasteiger partial charge in [-0.3, -0.25) is 4.79 Å². The number of hydrogen-bond acceptors (Lipinski definition) is 3. The molecule has 13 heavy (non-hydrogen) atoms. The summed E-state index contributed by atoms with van der Waals surface area (Å²) in [5.41, 5.74) is 4.88. The summed E-state index contributed by atoms with van der Waals surface area (Å²) >= 11 is 0. The molecule has 0 bridgehead atoms. The summed E-state index contributed by atoms with van der Waals surface area (Å²) in [6.45, 7) is 0. The lowest BCUT2D eigenvalue weighted by atomic mass is 10.0. The number of amides is 2. The van der Waals surface area contributed by atoms with Crippen LogP contribution in [0, 0.1) is 5.92 Å². The first kappa shape index (κ1) is 8.34. The zero-order chi connectivity index (χ0) is 9.42. The summed E-state index contributed by atoms with van der Waals surface area (Å²) in [6, 6.07) is 0.192. The Bertz CT molecular complexity index is 254. The molecule has 2 amide bonds. The van der Waals surface area contributed by atoms with E-state index in [9.17, 15) is 9.59 Å². The van der Waals surface area contributed by atoms with Crippen molar-refractivity contribution in [2.75, 3.05) is 0 Å². The standard InChI is InChI=1S/C8H12N2O3/c9-8(12)13-6-4-2-1-3-5(4)10-7(6)11/h4-6H,1-3H2,(H2,9,12)(H,10,11)/t4-,5+,6-/m1/s1. The van der Waals surface area contributed by atoms with Crippen LogP contribution in [0.5, 0.6) is 0 Å². The molecule has 1 heterocycles. The minimum absolute atomic E-state index is 0.139. The van der Waals surface area contributed by atoms with Gasteiger partial charge in [-0.15, -0.1) is 0 Å². The van der Waals surface area contributed by atoms with E-state index in [1.54, 1.807) is 0 Å². The van der Waals surface area contributed by atoms with Crippen molar-refractivity contribution in [1.29, 1.82) is 0 Å². The van der Waals surface area contributed by atoms with Gasteiger partial charge in [-0.25, -0.2) is 4.79 Å². The van der Waals surface area contributed by atoms with Crippen LogP contribution >= 0.6 is 0 Å². The maximum absolute atomic E-state index is 11.3. The van der Waals surface area contributed by atoms with E-state index in [2.05, 4.69) is 5.32 Å². The molecular weight excluding hydrogens is 172 g/mol. The number of hydrogen-bond donors (Lipinski definition) is 2. The highest BCUT2D eigenvalue weighted by Gasteiger charge is 2.46. The topological polar surface area (TPSA) is 81.4 Å². The number of rotatable bonds is 1. The Kier molecular flexibility index (Phi) is 1.86. The van der Waals surface area contributed by atoms with Crippen molar-refractivity contribution in [2.24, 2.45) is 11.7 Å². The lowest BCUT2D eigenvalue weighted by Crippen LogP contribution is -2.33. The van der Waals surface area contributed by atoms with Crippen molar-refractivity contribution in [2.45, 2.75) is 31.4 Å². The molecule has 5 nitrogen and oxygen atoms in total. The van der Waals surface area contributed by atoms with Gasteiger partial charge < -0.3 is 15.8 Å². The molecule has 3 atom stereocenters. The fourth-order valence-corrected chi connectivity index (χ4v) is 2.26. The van der Waals surface area contributed by atoms with E-state index < -0.39 is 12.2 Å². The molecule has 2 fully saturated rings. The van der Waals surface area contributed by atoms with Crippen LogP contribution in [0.1, 0.15) is 19.3 Å². The third-order valence-corrected chi connectivity index (χ3v) is 2.79. The molecule has 0 spiro atoms. The van der Waals surface area contributed by atoms with Crippen LogP contribution in [0.25, 0.3) is 0 Å². The summed E-state index contributed by atoms with van der Waals surface area (Å²) in [5.74, 6) is -0.0616.